The number of rotatable bonds is 7. The van der Waals surface area contributed by atoms with Crippen molar-refractivity contribution in [3.8, 4) is 0 Å². The number of aliphatic hydroxyl groups is 1. The van der Waals surface area contributed by atoms with Crippen molar-refractivity contribution in [2.24, 2.45) is 5.73 Å². The number of nitrogens with two attached hydrogens (primary N) is 1. The zero-order valence-corrected chi connectivity index (χ0v) is 13.8. The molecule has 0 unspecified atom stereocenters. The molecule has 0 aliphatic carbocycles. The number of benzene rings is 1. The fourth-order valence-electron chi connectivity index (χ4n) is 2.73. The highest BCUT2D eigenvalue weighted by Crippen LogP contribution is 2.14. The standard InChI is InChI=1S/C17H26N4O3/c18-17(24)20-16(23)5-8-19-11-13-1-3-14(4-2-13)12-21-9-6-15(22)7-10-21/h1-4,15,19,22H,5-12H2,(H3,18,20,23,24). The zero-order valence-electron chi connectivity index (χ0n) is 13.8. The molecule has 3 amide bonds. The number of nitrogens with zero attached hydrogens (tertiary/aromatic N) is 1. The lowest BCUT2D eigenvalue weighted by atomic mass is 10.1. The van der Waals surface area contributed by atoms with Crippen molar-refractivity contribution < 1.29 is 14.7 Å². The lowest BCUT2D eigenvalue weighted by molar-refractivity contribution is -0.119. The molecule has 1 heterocycles. The summed E-state index contributed by atoms with van der Waals surface area (Å²) in [6.45, 7) is 3.94. The number of nitrogens with one attached hydrogen (secondary N) is 2. The van der Waals surface area contributed by atoms with Gasteiger partial charge in [-0.05, 0) is 24.0 Å². The Bertz CT molecular complexity index is 539. The molecule has 1 fully saturated rings. The van der Waals surface area contributed by atoms with Crippen LogP contribution in [0.25, 0.3) is 0 Å². The highest BCUT2D eigenvalue weighted by Gasteiger charge is 2.16. The highest BCUT2D eigenvalue weighted by molar-refractivity contribution is 5.93. The van der Waals surface area contributed by atoms with Gasteiger partial charge in [-0.2, -0.15) is 0 Å². The summed E-state index contributed by atoms with van der Waals surface area (Å²) in [6, 6.07) is 7.55. The van der Waals surface area contributed by atoms with Crippen LogP contribution in [0.15, 0.2) is 24.3 Å². The first-order valence-electron chi connectivity index (χ1n) is 8.31. The normalized spacial score (nSPS) is 16.0. The zero-order chi connectivity index (χ0) is 17.4. The van der Waals surface area contributed by atoms with Crippen molar-refractivity contribution in [1.29, 1.82) is 0 Å². The molecule has 0 bridgehead atoms. The van der Waals surface area contributed by atoms with Gasteiger partial charge in [0.1, 0.15) is 0 Å². The molecule has 5 N–H and O–H groups in total. The number of primary amides is 1. The smallest absolute Gasteiger partial charge is 0.318 e. The molecule has 0 radical (unpaired) electrons. The fraction of sp³-hybridized carbons (Fsp3) is 0.529. The SMILES string of the molecule is NC(=O)NC(=O)CCNCc1ccc(CN2CCC(O)CC2)cc1. The third kappa shape index (κ3) is 6.66. The quantitative estimate of drug-likeness (QED) is 0.537. The van der Waals surface area contributed by atoms with Crippen LogP contribution in [0.5, 0.6) is 0 Å². The Balaban J connectivity index is 1.66. The maximum Gasteiger partial charge on any atom is 0.318 e. The van der Waals surface area contributed by atoms with Gasteiger partial charge < -0.3 is 16.2 Å². The number of carbonyl (C=O) groups excluding carboxylic acids is 2. The van der Waals surface area contributed by atoms with E-state index in [4.69, 9.17) is 5.73 Å². The summed E-state index contributed by atoms with van der Waals surface area (Å²) in [5, 5.41) is 14.7. The summed E-state index contributed by atoms with van der Waals surface area (Å²) in [4.78, 5) is 24.1. The Labute approximate surface area is 142 Å². The molecule has 0 spiro atoms. The Kier molecular flexibility index (Phi) is 7.17. The average Bonchev–Trinajstić information content (AvgIpc) is 2.54. The van der Waals surface area contributed by atoms with E-state index in [1.807, 2.05) is 5.32 Å². The van der Waals surface area contributed by atoms with Crippen molar-refractivity contribution in [2.45, 2.75) is 38.5 Å². The van der Waals surface area contributed by atoms with Gasteiger partial charge in [-0.15, -0.1) is 0 Å². The highest BCUT2D eigenvalue weighted by atomic mass is 16.3. The van der Waals surface area contributed by atoms with Gasteiger partial charge >= 0.3 is 6.03 Å². The van der Waals surface area contributed by atoms with Gasteiger partial charge in [-0.25, -0.2) is 4.79 Å². The minimum absolute atomic E-state index is 0.139. The molecule has 1 saturated heterocycles. The van der Waals surface area contributed by atoms with Crippen LogP contribution in [0.4, 0.5) is 4.79 Å². The molecule has 7 heteroatoms. The van der Waals surface area contributed by atoms with E-state index >= 15 is 0 Å². The number of likely N-dealkylation sites (tertiary alicyclic amines) is 1. The summed E-state index contributed by atoms with van der Waals surface area (Å²) in [6.07, 6.45) is 1.78. The third-order valence-electron chi connectivity index (χ3n) is 4.11. The van der Waals surface area contributed by atoms with Crippen molar-refractivity contribution in [3.63, 3.8) is 0 Å². The van der Waals surface area contributed by atoms with Crippen LogP contribution in [-0.4, -0.2) is 47.7 Å². The number of aliphatic hydroxyl groups excluding tert-OH is 1. The van der Waals surface area contributed by atoms with Crippen molar-refractivity contribution in [3.05, 3.63) is 35.4 Å². The maximum atomic E-state index is 11.2. The van der Waals surface area contributed by atoms with Crippen LogP contribution in [0.3, 0.4) is 0 Å². The van der Waals surface area contributed by atoms with Crippen molar-refractivity contribution in [2.75, 3.05) is 19.6 Å². The Morgan fingerprint density at radius 1 is 1.17 bits per heavy atom. The molecule has 1 aromatic rings. The van der Waals surface area contributed by atoms with E-state index in [9.17, 15) is 14.7 Å². The second kappa shape index (κ2) is 9.36. The topological polar surface area (TPSA) is 108 Å². The maximum absolute atomic E-state index is 11.2. The van der Waals surface area contributed by atoms with Gasteiger partial charge in [0.2, 0.25) is 5.91 Å². The van der Waals surface area contributed by atoms with E-state index < -0.39 is 6.03 Å². The molecule has 0 atom stereocenters. The van der Waals surface area contributed by atoms with Gasteiger partial charge in [0.25, 0.3) is 0 Å². The molecule has 1 aliphatic heterocycles. The van der Waals surface area contributed by atoms with E-state index in [-0.39, 0.29) is 18.4 Å². The van der Waals surface area contributed by atoms with Crippen LogP contribution in [0.2, 0.25) is 0 Å². The molecular weight excluding hydrogens is 308 g/mol. The van der Waals surface area contributed by atoms with Crippen molar-refractivity contribution in [1.82, 2.24) is 15.5 Å². The number of hydrogen-bond acceptors (Lipinski definition) is 5. The first kappa shape index (κ1) is 18.4. The van der Waals surface area contributed by atoms with E-state index in [1.54, 1.807) is 0 Å². The van der Waals surface area contributed by atoms with Crippen LogP contribution in [0.1, 0.15) is 30.4 Å². The summed E-state index contributed by atoms with van der Waals surface area (Å²) < 4.78 is 0. The Hall–Kier alpha value is -1.96. The average molecular weight is 334 g/mol. The van der Waals surface area contributed by atoms with Gasteiger partial charge in [-0.1, -0.05) is 24.3 Å². The third-order valence-corrected chi connectivity index (χ3v) is 4.11. The monoisotopic (exact) mass is 334 g/mol. The molecule has 24 heavy (non-hydrogen) atoms. The molecule has 1 aromatic carbocycles. The van der Waals surface area contributed by atoms with Crippen LogP contribution in [-0.2, 0) is 17.9 Å². The minimum atomic E-state index is -0.821. The summed E-state index contributed by atoms with van der Waals surface area (Å²) in [5.74, 6) is -0.378. The lowest BCUT2D eigenvalue weighted by Crippen LogP contribution is -2.36. The fourth-order valence-corrected chi connectivity index (χ4v) is 2.73. The predicted molar refractivity (Wildman–Crippen MR) is 91.0 cm³/mol. The van der Waals surface area contributed by atoms with Gasteiger partial charge in [0.05, 0.1) is 6.10 Å². The number of piperidine rings is 1. The first-order valence-corrected chi connectivity index (χ1v) is 8.31. The van der Waals surface area contributed by atoms with E-state index in [2.05, 4.69) is 34.5 Å². The molecule has 0 saturated carbocycles. The number of carbonyl (C=O) groups is 2. The predicted octanol–water partition coefficient (Wildman–Crippen LogP) is 0.318. The number of hydrogen-bond donors (Lipinski definition) is 4. The van der Waals surface area contributed by atoms with E-state index in [0.29, 0.717) is 13.1 Å². The summed E-state index contributed by atoms with van der Waals surface area (Å²) in [5.41, 5.74) is 7.27. The molecule has 2 rings (SSSR count). The second-order valence-corrected chi connectivity index (χ2v) is 6.16. The minimum Gasteiger partial charge on any atom is -0.393 e. The summed E-state index contributed by atoms with van der Waals surface area (Å²) in [7, 11) is 0. The molecule has 0 aromatic heterocycles. The second-order valence-electron chi connectivity index (χ2n) is 6.16. The Morgan fingerprint density at radius 2 is 1.79 bits per heavy atom. The van der Waals surface area contributed by atoms with Gasteiger partial charge in [-0.3, -0.25) is 15.0 Å². The largest absolute Gasteiger partial charge is 0.393 e. The molecule has 7 nitrogen and oxygen atoms in total. The van der Waals surface area contributed by atoms with E-state index in [1.165, 1.54) is 5.56 Å². The lowest BCUT2D eigenvalue weighted by Gasteiger charge is -2.29. The van der Waals surface area contributed by atoms with Crippen LogP contribution in [0, 0.1) is 0 Å². The van der Waals surface area contributed by atoms with E-state index in [0.717, 1.165) is 38.0 Å². The van der Waals surface area contributed by atoms with Crippen LogP contribution >= 0.6 is 0 Å². The molecular formula is C17H26N4O3. The van der Waals surface area contributed by atoms with Crippen molar-refractivity contribution >= 4 is 11.9 Å². The Morgan fingerprint density at radius 3 is 2.42 bits per heavy atom. The first-order chi connectivity index (χ1) is 11.5. The number of amides is 3. The number of imide groups is 1. The van der Waals surface area contributed by atoms with Gasteiger partial charge in [0.15, 0.2) is 0 Å². The van der Waals surface area contributed by atoms with Crippen LogP contribution < -0.4 is 16.4 Å². The number of urea groups is 1. The molecule has 1 aliphatic rings. The summed E-state index contributed by atoms with van der Waals surface area (Å²) >= 11 is 0. The van der Waals surface area contributed by atoms with Gasteiger partial charge in [0, 0.05) is 39.1 Å². The molecule has 132 valence electrons.